The molecule has 1 saturated carbocycles. The van der Waals surface area contributed by atoms with Gasteiger partial charge < -0.3 is 10.8 Å². The Kier molecular flexibility index (Phi) is 2.70. The van der Waals surface area contributed by atoms with Crippen LogP contribution in [-0.4, -0.2) is 10.6 Å². The predicted molar refractivity (Wildman–Crippen MR) is 61.9 cm³/mol. The van der Waals surface area contributed by atoms with Crippen molar-refractivity contribution < 1.29 is 5.11 Å². The van der Waals surface area contributed by atoms with Crippen LogP contribution in [0.5, 0.6) is 5.75 Å². The predicted octanol–water partition coefficient (Wildman–Crippen LogP) is 2.77. The third kappa shape index (κ3) is 2.72. The summed E-state index contributed by atoms with van der Waals surface area (Å²) in [5.41, 5.74) is 7.50. The molecule has 1 atom stereocenters. The number of phenolic OH excluding ortho intramolecular Hbond substituents is 1. The molecule has 1 fully saturated rings. The van der Waals surface area contributed by atoms with Crippen LogP contribution in [0.15, 0.2) is 24.3 Å². The average Bonchev–Trinajstić information content (AvgIpc) is 2.95. The van der Waals surface area contributed by atoms with Crippen LogP contribution in [0, 0.1) is 0 Å². The first kappa shape index (κ1) is 10.5. The fraction of sp³-hybridized carbons (Fsp3) is 0.538. The molecule has 0 radical (unpaired) electrons. The van der Waals surface area contributed by atoms with E-state index in [4.69, 9.17) is 5.73 Å². The van der Waals surface area contributed by atoms with Gasteiger partial charge in [-0.15, -0.1) is 0 Å². The second-order valence-corrected chi connectivity index (χ2v) is 4.89. The van der Waals surface area contributed by atoms with Crippen molar-refractivity contribution in [2.24, 2.45) is 5.73 Å². The third-order valence-corrected chi connectivity index (χ3v) is 3.43. The van der Waals surface area contributed by atoms with Gasteiger partial charge in [-0.2, -0.15) is 0 Å². The zero-order valence-electron chi connectivity index (χ0n) is 9.24. The van der Waals surface area contributed by atoms with Crippen LogP contribution in [0.4, 0.5) is 0 Å². The Balaban J connectivity index is 1.89. The highest BCUT2D eigenvalue weighted by Crippen LogP contribution is 2.38. The van der Waals surface area contributed by atoms with Gasteiger partial charge >= 0.3 is 0 Å². The molecule has 0 saturated heterocycles. The number of benzene rings is 1. The highest BCUT2D eigenvalue weighted by molar-refractivity contribution is 5.28. The Morgan fingerprint density at radius 1 is 1.33 bits per heavy atom. The molecule has 1 aromatic carbocycles. The van der Waals surface area contributed by atoms with Crippen molar-refractivity contribution in [1.29, 1.82) is 0 Å². The fourth-order valence-corrected chi connectivity index (χ4v) is 1.88. The molecule has 0 amide bonds. The zero-order valence-corrected chi connectivity index (χ0v) is 9.24. The molecule has 1 aliphatic carbocycles. The smallest absolute Gasteiger partial charge is 0.115 e. The number of hydrogen-bond acceptors (Lipinski definition) is 2. The first-order valence-corrected chi connectivity index (χ1v) is 5.67. The summed E-state index contributed by atoms with van der Waals surface area (Å²) in [5.74, 6) is 0.870. The van der Waals surface area contributed by atoms with Crippen molar-refractivity contribution in [2.45, 2.75) is 44.1 Å². The van der Waals surface area contributed by atoms with E-state index in [0.29, 0.717) is 11.7 Å². The first-order chi connectivity index (χ1) is 7.09. The highest BCUT2D eigenvalue weighted by atomic mass is 16.3. The molecule has 82 valence electrons. The molecule has 0 bridgehead atoms. The summed E-state index contributed by atoms with van der Waals surface area (Å²) in [4.78, 5) is 0. The molecular formula is C13H19NO. The van der Waals surface area contributed by atoms with E-state index in [9.17, 15) is 5.11 Å². The second-order valence-electron chi connectivity index (χ2n) is 4.89. The van der Waals surface area contributed by atoms with Crippen LogP contribution in [0.1, 0.15) is 44.1 Å². The second kappa shape index (κ2) is 3.86. The maximum Gasteiger partial charge on any atom is 0.115 e. The normalized spacial score (nSPS) is 19.9. The number of nitrogens with two attached hydrogens (primary N) is 1. The standard InChI is InChI=1S/C13H19NO/c1-10(6-7-13(14)8-9-13)11-2-4-12(15)5-3-11/h2-5,10,15H,6-9,14H2,1H3. The van der Waals surface area contributed by atoms with Crippen molar-refractivity contribution >= 4 is 0 Å². The maximum absolute atomic E-state index is 9.19. The molecule has 2 heteroatoms. The lowest BCUT2D eigenvalue weighted by Crippen LogP contribution is -2.21. The Labute approximate surface area is 91.1 Å². The summed E-state index contributed by atoms with van der Waals surface area (Å²) >= 11 is 0. The van der Waals surface area contributed by atoms with E-state index in [2.05, 4.69) is 6.92 Å². The lowest BCUT2D eigenvalue weighted by Gasteiger charge is -2.14. The van der Waals surface area contributed by atoms with Crippen LogP contribution in [0.2, 0.25) is 0 Å². The van der Waals surface area contributed by atoms with Crippen molar-refractivity contribution in [3.63, 3.8) is 0 Å². The molecule has 0 heterocycles. The Hall–Kier alpha value is -1.02. The summed E-state index contributed by atoms with van der Waals surface area (Å²) < 4.78 is 0. The van der Waals surface area contributed by atoms with Crippen LogP contribution in [0.3, 0.4) is 0 Å². The minimum Gasteiger partial charge on any atom is -0.508 e. The largest absolute Gasteiger partial charge is 0.508 e. The fourth-order valence-electron chi connectivity index (χ4n) is 1.88. The lowest BCUT2D eigenvalue weighted by molar-refractivity contribution is 0.474. The summed E-state index contributed by atoms with van der Waals surface area (Å²) in [7, 11) is 0. The van der Waals surface area contributed by atoms with Gasteiger partial charge in [0.25, 0.3) is 0 Å². The SMILES string of the molecule is CC(CCC1(N)CC1)c1ccc(O)cc1. The van der Waals surface area contributed by atoms with E-state index in [1.165, 1.54) is 18.4 Å². The van der Waals surface area contributed by atoms with E-state index in [1.807, 2.05) is 12.1 Å². The monoisotopic (exact) mass is 205 g/mol. The molecule has 0 aromatic heterocycles. The van der Waals surface area contributed by atoms with Gasteiger partial charge in [0.15, 0.2) is 0 Å². The van der Waals surface area contributed by atoms with E-state index in [1.54, 1.807) is 12.1 Å². The Morgan fingerprint density at radius 2 is 1.93 bits per heavy atom. The molecular weight excluding hydrogens is 186 g/mol. The van der Waals surface area contributed by atoms with Crippen molar-refractivity contribution in [3.05, 3.63) is 29.8 Å². The Bertz CT molecular complexity index is 327. The molecule has 3 N–H and O–H groups in total. The first-order valence-electron chi connectivity index (χ1n) is 5.67. The molecule has 1 aliphatic rings. The van der Waals surface area contributed by atoms with Gasteiger partial charge in [0.05, 0.1) is 0 Å². The number of rotatable bonds is 4. The molecule has 1 unspecified atom stereocenters. The quantitative estimate of drug-likeness (QED) is 0.794. The van der Waals surface area contributed by atoms with Gasteiger partial charge in [0, 0.05) is 5.54 Å². The molecule has 2 rings (SSSR count). The number of hydrogen-bond donors (Lipinski definition) is 2. The van der Waals surface area contributed by atoms with Gasteiger partial charge in [0.2, 0.25) is 0 Å². The molecule has 0 aliphatic heterocycles. The minimum atomic E-state index is 0.158. The summed E-state index contributed by atoms with van der Waals surface area (Å²) in [6.45, 7) is 2.22. The molecule has 1 aromatic rings. The van der Waals surface area contributed by atoms with Crippen molar-refractivity contribution in [1.82, 2.24) is 0 Å². The topological polar surface area (TPSA) is 46.2 Å². The van der Waals surface area contributed by atoms with Crippen LogP contribution in [0.25, 0.3) is 0 Å². The molecule has 0 spiro atoms. The van der Waals surface area contributed by atoms with Crippen LogP contribution < -0.4 is 5.73 Å². The molecule has 15 heavy (non-hydrogen) atoms. The lowest BCUT2D eigenvalue weighted by atomic mass is 9.93. The third-order valence-electron chi connectivity index (χ3n) is 3.43. The number of aromatic hydroxyl groups is 1. The van der Waals surface area contributed by atoms with Gasteiger partial charge in [-0.1, -0.05) is 19.1 Å². The highest BCUT2D eigenvalue weighted by Gasteiger charge is 2.37. The minimum absolute atomic E-state index is 0.158. The van der Waals surface area contributed by atoms with Crippen LogP contribution in [-0.2, 0) is 0 Å². The zero-order chi connectivity index (χ0) is 10.9. The van der Waals surface area contributed by atoms with Crippen molar-refractivity contribution in [2.75, 3.05) is 0 Å². The van der Waals surface area contributed by atoms with E-state index in [-0.39, 0.29) is 5.54 Å². The van der Waals surface area contributed by atoms with Gasteiger partial charge in [0.1, 0.15) is 5.75 Å². The average molecular weight is 205 g/mol. The Morgan fingerprint density at radius 3 is 2.47 bits per heavy atom. The maximum atomic E-state index is 9.19. The van der Waals surface area contributed by atoms with E-state index in [0.717, 1.165) is 12.8 Å². The van der Waals surface area contributed by atoms with Crippen LogP contribution >= 0.6 is 0 Å². The van der Waals surface area contributed by atoms with E-state index < -0.39 is 0 Å². The van der Waals surface area contributed by atoms with Gasteiger partial charge in [-0.05, 0) is 49.3 Å². The summed E-state index contributed by atoms with van der Waals surface area (Å²) in [5, 5.41) is 9.19. The van der Waals surface area contributed by atoms with Gasteiger partial charge in [-0.3, -0.25) is 0 Å². The van der Waals surface area contributed by atoms with E-state index >= 15 is 0 Å². The molecule has 2 nitrogen and oxygen atoms in total. The summed E-state index contributed by atoms with van der Waals surface area (Å²) in [6.07, 6.45) is 4.64. The van der Waals surface area contributed by atoms with Gasteiger partial charge in [-0.25, -0.2) is 0 Å². The number of phenols is 1. The van der Waals surface area contributed by atoms with Crippen molar-refractivity contribution in [3.8, 4) is 5.75 Å². The summed E-state index contributed by atoms with van der Waals surface area (Å²) in [6, 6.07) is 7.49.